The van der Waals surface area contributed by atoms with Crippen LogP contribution < -0.4 is 0 Å². The summed E-state index contributed by atoms with van der Waals surface area (Å²) in [5, 5.41) is 10.4. The van der Waals surface area contributed by atoms with Crippen LogP contribution in [0.3, 0.4) is 0 Å². The van der Waals surface area contributed by atoms with Crippen LogP contribution >= 0.6 is 0 Å². The van der Waals surface area contributed by atoms with Gasteiger partial charge in [0.05, 0.1) is 13.2 Å². The van der Waals surface area contributed by atoms with E-state index in [1.165, 1.54) is 12.3 Å². The number of rotatable bonds is 4. The molecule has 4 rings (SSSR count). The van der Waals surface area contributed by atoms with Crippen molar-refractivity contribution in [2.24, 2.45) is 5.92 Å². The first-order valence-corrected chi connectivity index (χ1v) is 9.97. The fourth-order valence-electron chi connectivity index (χ4n) is 3.97. The Hall–Kier alpha value is -2.45. The number of pyridine rings is 1. The highest BCUT2D eigenvalue weighted by atomic mass is 19.4. The minimum absolute atomic E-state index is 0.0738. The molecule has 1 aromatic heterocycles. The summed E-state index contributed by atoms with van der Waals surface area (Å²) in [6.45, 7) is 1.65. The minimum atomic E-state index is -4.43. The van der Waals surface area contributed by atoms with Gasteiger partial charge in [0.1, 0.15) is 11.3 Å². The number of nitrogens with zero attached hydrogens (tertiary/aromatic N) is 2. The number of hydrogen-bond donors (Lipinski definition) is 1. The zero-order valence-electron chi connectivity index (χ0n) is 16.4. The van der Waals surface area contributed by atoms with Gasteiger partial charge in [-0.05, 0) is 54.5 Å². The Morgan fingerprint density at radius 1 is 1.20 bits per heavy atom. The van der Waals surface area contributed by atoms with Gasteiger partial charge in [0, 0.05) is 24.8 Å². The van der Waals surface area contributed by atoms with Gasteiger partial charge in [0.2, 0.25) is 0 Å². The van der Waals surface area contributed by atoms with Crippen LogP contribution in [0.25, 0.3) is 0 Å². The van der Waals surface area contributed by atoms with Crippen LogP contribution in [-0.4, -0.2) is 47.2 Å². The molecule has 0 saturated carbocycles. The number of piperidine rings is 1. The number of amides is 1. The van der Waals surface area contributed by atoms with Gasteiger partial charge >= 0.3 is 6.18 Å². The Labute approximate surface area is 172 Å². The van der Waals surface area contributed by atoms with E-state index in [9.17, 15) is 23.1 Å². The molecule has 0 aliphatic carbocycles. The van der Waals surface area contributed by atoms with E-state index < -0.39 is 17.5 Å². The van der Waals surface area contributed by atoms with E-state index in [1.54, 1.807) is 29.2 Å². The van der Waals surface area contributed by atoms with Crippen molar-refractivity contribution in [3.63, 3.8) is 0 Å². The molecule has 1 aromatic carbocycles. The van der Waals surface area contributed by atoms with Crippen molar-refractivity contribution < 1.29 is 27.8 Å². The third-order valence-corrected chi connectivity index (χ3v) is 5.87. The number of aromatic nitrogens is 1. The van der Waals surface area contributed by atoms with Gasteiger partial charge in [-0.1, -0.05) is 18.2 Å². The van der Waals surface area contributed by atoms with E-state index in [4.69, 9.17) is 4.74 Å². The van der Waals surface area contributed by atoms with E-state index >= 15 is 0 Å². The summed E-state index contributed by atoms with van der Waals surface area (Å²) in [6.07, 6.45) is -0.923. The number of likely N-dealkylation sites (tertiary alicyclic amines) is 1. The number of benzene rings is 1. The molecule has 3 heterocycles. The molecule has 160 valence electrons. The second kappa shape index (κ2) is 8.00. The van der Waals surface area contributed by atoms with Gasteiger partial charge in [-0.15, -0.1) is 0 Å². The van der Waals surface area contributed by atoms with Crippen molar-refractivity contribution in [2.45, 2.75) is 31.0 Å². The van der Waals surface area contributed by atoms with Gasteiger partial charge in [0.15, 0.2) is 0 Å². The van der Waals surface area contributed by atoms with Crippen LogP contribution in [0.5, 0.6) is 0 Å². The molecule has 0 bridgehead atoms. The number of halogens is 3. The Balaban J connectivity index is 1.33. The van der Waals surface area contributed by atoms with Gasteiger partial charge in [-0.3, -0.25) is 9.78 Å². The van der Waals surface area contributed by atoms with Gasteiger partial charge in [-0.2, -0.15) is 13.2 Å². The van der Waals surface area contributed by atoms with E-state index in [0.29, 0.717) is 36.6 Å². The lowest BCUT2D eigenvalue weighted by Crippen LogP contribution is -2.46. The molecule has 1 N–H and O–H groups in total. The number of aliphatic hydroxyl groups is 1. The summed E-state index contributed by atoms with van der Waals surface area (Å²) in [5.74, 6) is 0.224. The number of ether oxygens (including phenoxy) is 1. The van der Waals surface area contributed by atoms with Crippen LogP contribution in [0.4, 0.5) is 13.2 Å². The maximum Gasteiger partial charge on any atom is 0.433 e. The fourth-order valence-corrected chi connectivity index (χ4v) is 3.97. The molecule has 0 unspecified atom stereocenters. The molecule has 0 atom stereocenters. The predicted octanol–water partition coefficient (Wildman–Crippen LogP) is 3.41. The Morgan fingerprint density at radius 3 is 2.50 bits per heavy atom. The molecular formula is C22H23F3N2O3. The van der Waals surface area contributed by atoms with Crippen molar-refractivity contribution >= 4 is 5.91 Å². The van der Waals surface area contributed by atoms with Crippen molar-refractivity contribution in [3.8, 4) is 0 Å². The number of carbonyl (C=O) groups excluding carboxylic acids is 1. The smallest absolute Gasteiger partial charge is 0.380 e. The molecule has 2 aromatic rings. The van der Waals surface area contributed by atoms with E-state index in [1.807, 2.05) is 0 Å². The summed E-state index contributed by atoms with van der Waals surface area (Å²) < 4.78 is 43.0. The van der Waals surface area contributed by atoms with Gasteiger partial charge < -0.3 is 14.7 Å². The lowest BCUT2D eigenvalue weighted by Gasteiger charge is -2.37. The second-order valence-electron chi connectivity index (χ2n) is 8.09. The highest BCUT2D eigenvalue weighted by Crippen LogP contribution is 2.31. The topological polar surface area (TPSA) is 62.7 Å². The monoisotopic (exact) mass is 420 g/mol. The third kappa shape index (κ3) is 4.34. The van der Waals surface area contributed by atoms with Crippen molar-refractivity contribution in [1.82, 2.24) is 9.88 Å². The van der Waals surface area contributed by atoms with Crippen LogP contribution in [0.15, 0.2) is 42.6 Å². The normalized spacial score (nSPS) is 19.4. The second-order valence-corrected chi connectivity index (χ2v) is 8.09. The molecule has 2 aliphatic rings. The highest BCUT2D eigenvalue weighted by Gasteiger charge is 2.38. The van der Waals surface area contributed by atoms with E-state index in [0.717, 1.165) is 24.5 Å². The lowest BCUT2D eigenvalue weighted by molar-refractivity contribution is -0.184. The van der Waals surface area contributed by atoms with E-state index in [-0.39, 0.29) is 19.1 Å². The maximum atomic E-state index is 12.9. The van der Waals surface area contributed by atoms with Crippen LogP contribution in [0, 0.1) is 5.92 Å². The number of hydrogen-bond acceptors (Lipinski definition) is 4. The molecule has 2 fully saturated rings. The predicted molar refractivity (Wildman–Crippen MR) is 103 cm³/mol. The maximum absolute atomic E-state index is 12.9. The quantitative estimate of drug-likeness (QED) is 0.824. The third-order valence-electron chi connectivity index (χ3n) is 5.87. The summed E-state index contributed by atoms with van der Waals surface area (Å²) in [6, 6.07) is 9.53. The Kier molecular flexibility index (Phi) is 5.55. The molecule has 30 heavy (non-hydrogen) atoms. The molecule has 0 radical (unpaired) electrons. The molecule has 0 spiro atoms. The van der Waals surface area contributed by atoms with Crippen molar-refractivity contribution in [3.05, 3.63) is 65.0 Å². The zero-order chi connectivity index (χ0) is 21.4. The number of carbonyl (C=O) groups is 1. The van der Waals surface area contributed by atoms with Crippen LogP contribution in [0.2, 0.25) is 0 Å². The van der Waals surface area contributed by atoms with Crippen LogP contribution in [0.1, 0.15) is 40.0 Å². The SMILES string of the molecule is O=C(c1cccc(C2(O)COC2)c1)N1CCC(Cc2ccc(C(F)(F)F)nc2)CC1. The standard InChI is InChI=1S/C22H23F3N2O3/c23-22(24,25)19-5-4-16(12-26-19)10-15-6-8-27(9-7-15)20(28)17-2-1-3-18(11-17)21(29)13-30-14-21/h1-5,11-12,15,29H,6-10,13-14H2. The molecular weight excluding hydrogens is 397 g/mol. The fraction of sp³-hybridized carbons (Fsp3) is 0.455. The highest BCUT2D eigenvalue weighted by molar-refractivity contribution is 5.94. The first-order valence-electron chi connectivity index (χ1n) is 9.97. The minimum Gasteiger partial charge on any atom is -0.380 e. The summed E-state index contributed by atoms with van der Waals surface area (Å²) in [5.41, 5.74) is 0.102. The average molecular weight is 420 g/mol. The van der Waals surface area contributed by atoms with Crippen molar-refractivity contribution in [1.29, 1.82) is 0 Å². The van der Waals surface area contributed by atoms with Crippen LogP contribution in [-0.2, 0) is 22.9 Å². The molecule has 8 heteroatoms. The zero-order valence-corrected chi connectivity index (χ0v) is 16.4. The van der Waals surface area contributed by atoms with Gasteiger partial charge in [-0.25, -0.2) is 0 Å². The summed E-state index contributed by atoms with van der Waals surface area (Å²) >= 11 is 0. The Morgan fingerprint density at radius 2 is 1.93 bits per heavy atom. The van der Waals surface area contributed by atoms with Crippen molar-refractivity contribution in [2.75, 3.05) is 26.3 Å². The first kappa shape index (κ1) is 20.8. The summed E-state index contributed by atoms with van der Waals surface area (Å²) in [7, 11) is 0. The van der Waals surface area contributed by atoms with Gasteiger partial charge in [0.25, 0.3) is 5.91 Å². The molecule has 5 nitrogen and oxygen atoms in total. The molecule has 2 aliphatic heterocycles. The first-order chi connectivity index (χ1) is 14.2. The summed E-state index contributed by atoms with van der Waals surface area (Å²) in [4.78, 5) is 18.2. The Bertz CT molecular complexity index is 903. The molecule has 2 saturated heterocycles. The molecule has 1 amide bonds. The number of alkyl halides is 3. The largest absolute Gasteiger partial charge is 0.433 e. The van der Waals surface area contributed by atoms with E-state index in [2.05, 4.69) is 4.98 Å². The average Bonchev–Trinajstić information content (AvgIpc) is 2.72. The lowest BCUT2D eigenvalue weighted by atomic mass is 9.89.